The van der Waals surface area contributed by atoms with E-state index in [0.717, 1.165) is 30.8 Å². The van der Waals surface area contributed by atoms with E-state index in [1.807, 2.05) is 0 Å². The zero-order valence-corrected chi connectivity index (χ0v) is 13.6. The molecule has 0 spiro atoms. The Labute approximate surface area is 127 Å². The number of ether oxygens (including phenoxy) is 1. The Morgan fingerprint density at radius 3 is 2.83 bits per heavy atom. The molecule has 0 aromatic carbocycles. The Hall–Kier alpha value is -0.0400. The van der Waals surface area contributed by atoms with E-state index in [1.165, 1.54) is 32.1 Å². The molecule has 106 valence electrons. The van der Waals surface area contributed by atoms with Crippen LogP contribution >= 0.6 is 24.0 Å². The summed E-state index contributed by atoms with van der Waals surface area (Å²) in [5, 5.41) is 3.05. The van der Waals surface area contributed by atoms with Crippen LogP contribution < -0.4 is 11.1 Å². The Kier molecular flexibility index (Phi) is 7.29. The first-order valence-corrected chi connectivity index (χ1v) is 6.82. The third-order valence-electron chi connectivity index (χ3n) is 4.28. The summed E-state index contributed by atoms with van der Waals surface area (Å²) in [7, 11) is 1.68. The highest BCUT2D eigenvalue weighted by Crippen LogP contribution is 2.49. The fourth-order valence-corrected chi connectivity index (χ4v) is 3.42. The first kappa shape index (κ1) is 16.0. The van der Waals surface area contributed by atoms with Gasteiger partial charge in [0.2, 0.25) is 0 Å². The van der Waals surface area contributed by atoms with E-state index in [2.05, 4.69) is 10.3 Å². The van der Waals surface area contributed by atoms with E-state index in [9.17, 15) is 0 Å². The molecular weight excluding hydrogens is 341 g/mol. The SMILES string of the molecule is COCCNC(N)=NCCC1CC2CCC1C2.I. The maximum Gasteiger partial charge on any atom is 0.188 e. The fraction of sp³-hybridized carbons (Fsp3) is 0.923. The highest BCUT2D eigenvalue weighted by Gasteiger charge is 2.38. The number of nitrogens with two attached hydrogens (primary N) is 1. The lowest BCUT2D eigenvalue weighted by Gasteiger charge is -2.20. The van der Waals surface area contributed by atoms with Crippen LogP contribution in [-0.2, 0) is 4.74 Å². The second-order valence-corrected chi connectivity index (χ2v) is 5.41. The Balaban J connectivity index is 0.00000162. The summed E-state index contributed by atoms with van der Waals surface area (Å²) >= 11 is 0. The van der Waals surface area contributed by atoms with Gasteiger partial charge in [-0.15, -0.1) is 24.0 Å². The molecule has 4 nitrogen and oxygen atoms in total. The molecule has 0 aromatic heterocycles. The van der Waals surface area contributed by atoms with Gasteiger partial charge in [0, 0.05) is 20.2 Å². The normalized spacial score (nSPS) is 30.3. The second kappa shape index (κ2) is 8.19. The molecule has 0 aromatic rings. The lowest BCUT2D eigenvalue weighted by Crippen LogP contribution is -2.34. The molecule has 2 fully saturated rings. The predicted molar refractivity (Wildman–Crippen MR) is 85.3 cm³/mol. The first-order chi connectivity index (χ1) is 8.29. The van der Waals surface area contributed by atoms with Crippen LogP contribution in [0.4, 0.5) is 0 Å². The lowest BCUT2D eigenvalue weighted by molar-refractivity contribution is 0.204. The van der Waals surface area contributed by atoms with Crippen molar-refractivity contribution in [3.05, 3.63) is 0 Å². The molecule has 0 heterocycles. The van der Waals surface area contributed by atoms with E-state index < -0.39 is 0 Å². The largest absolute Gasteiger partial charge is 0.383 e. The van der Waals surface area contributed by atoms with Crippen molar-refractivity contribution in [1.29, 1.82) is 0 Å². The highest BCUT2D eigenvalue weighted by molar-refractivity contribution is 14.0. The third-order valence-corrected chi connectivity index (χ3v) is 4.28. The van der Waals surface area contributed by atoms with Gasteiger partial charge in [-0.3, -0.25) is 4.99 Å². The number of halogens is 1. The van der Waals surface area contributed by atoms with Gasteiger partial charge in [-0.1, -0.05) is 6.42 Å². The number of hydrogen-bond donors (Lipinski definition) is 2. The van der Waals surface area contributed by atoms with Crippen LogP contribution in [-0.4, -0.2) is 32.8 Å². The first-order valence-electron chi connectivity index (χ1n) is 6.82. The summed E-state index contributed by atoms with van der Waals surface area (Å²) in [6, 6.07) is 0. The Bertz CT molecular complexity index is 273. The van der Waals surface area contributed by atoms with Gasteiger partial charge in [-0.2, -0.15) is 0 Å². The number of nitrogens with zero attached hydrogens (tertiary/aromatic N) is 1. The number of hydrogen-bond acceptors (Lipinski definition) is 2. The number of nitrogens with one attached hydrogen (secondary N) is 1. The summed E-state index contributed by atoms with van der Waals surface area (Å²) in [6.45, 7) is 2.28. The van der Waals surface area contributed by atoms with Gasteiger partial charge in [-0.05, 0) is 43.4 Å². The van der Waals surface area contributed by atoms with Crippen LogP contribution in [0.3, 0.4) is 0 Å². The minimum Gasteiger partial charge on any atom is -0.383 e. The van der Waals surface area contributed by atoms with Crippen molar-refractivity contribution < 1.29 is 4.74 Å². The molecule has 2 rings (SSSR count). The Morgan fingerprint density at radius 1 is 1.39 bits per heavy atom. The molecule has 18 heavy (non-hydrogen) atoms. The average Bonchev–Trinajstić information content (AvgIpc) is 2.91. The predicted octanol–water partition coefficient (Wildman–Crippen LogP) is 1.98. The molecule has 0 aliphatic heterocycles. The lowest BCUT2D eigenvalue weighted by atomic mass is 9.86. The molecule has 5 heteroatoms. The third kappa shape index (κ3) is 4.57. The van der Waals surface area contributed by atoms with Crippen LogP contribution in [0.5, 0.6) is 0 Å². The molecule has 3 atom stereocenters. The van der Waals surface area contributed by atoms with Crippen LogP contribution in [0, 0.1) is 17.8 Å². The van der Waals surface area contributed by atoms with Gasteiger partial charge >= 0.3 is 0 Å². The van der Waals surface area contributed by atoms with Crippen molar-refractivity contribution in [2.24, 2.45) is 28.5 Å². The van der Waals surface area contributed by atoms with Crippen molar-refractivity contribution in [2.75, 3.05) is 26.8 Å². The van der Waals surface area contributed by atoms with Gasteiger partial charge in [0.25, 0.3) is 0 Å². The van der Waals surface area contributed by atoms with Crippen molar-refractivity contribution >= 4 is 29.9 Å². The summed E-state index contributed by atoms with van der Waals surface area (Å²) in [4.78, 5) is 4.37. The number of aliphatic imine (C=N–C) groups is 1. The molecular formula is C13H26IN3O. The van der Waals surface area contributed by atoms with Crippen LogP contribution in [0.15, 0.2) is 4.99 Å². The zero-order chi connectivity index (χ0) is 12.1. The molecule has 3 unspecified atom stereocenters. The number of methoxy groups -OCH3 is 1. The van der Waals surface area contributed by atoms with E-state index >= 15 is 0 Å². The maximum absolute atomic E-state index is 5.76. The summed E-state index contributed by atoms with van der Waals surface area (Å²) in [5.74, 6) is 3.51. The minimum atomic E-state index is 0. The standard InChI is InChI=1S/C13H25N3O.HI/c1-17-7-6-16-13(14)15-5-4-12-9-10-2-3-11(12)8-10;/h10-12H,2-9H2,1H3,(H3,14,15,16);1H. The van der Waals surface area contributed by atoms with Crippen molar-refractivity contribution in [3.8, 4) is 0 Å². The van der Waals surface area contributed by atoms with Crippen molar-refractivity contribution in [3.63, 3.8) is 0 Å². The quantitative estimate of drug-likeness (QED) is 0.327. The zero-order valence-electron chi connectivity index (χ0n) is 11.2. The topological polar surface area (TPSA) is 59.6 Å². The van der Waals surface area contributed by atoms with Crippen molar-refractivity contribution in [1.82, 2.24) is 5.32 Å². The van der Waals surface area contributed by atoms with E-state index in [1.54, 1.807) is 7.11 Å². The van der Waals surface area contributed by atoms with Crippen LogP contribution in [0.2, 0.25) is 0 Å². The van der Waals surface area contributed by atoms with E-state index in [-0.39, 0.29) is 24.0 Å². The molecule has 0 saturated heterocycles. The fourth-order valence-electron chi connectivity index (χ4n) is 3.42. The molecule has 2 bridgehead atoms. The molecule has 2 aliphatic rings. The smallest absolute Gasteiger partial charge is 0.188 e. The van der Waals surface area contributed by atoms with Crippen LogP contribution in [0.25, 0.3) is 0 Å². The van der Waals surface area contributed by atoms with Gasteiger partial charge in [0.1, 0.15) is 0 Å². The minimum absolute atomic E-state index is 0. The summed E-state index contributed by atoms with van der Waals surface area (Å²) < 4.78 is 4.94. The highest BCUT2D eigenvalue weighted by atomic mass is 127. The van der Waals surface area contributed by atoms with Crippen molar-refractivity contribution in [2.45, 2.75) is 32.1 Å². The molecule has 2 aliphatic carbocycles. The molecule has 3 N–H and O–H groups in total. The van der Waals surface area contributed by atoms with Gasteiger partial charge in [-0.25, -0.2) is 0 Å². The number of rotatable bonds is 6. The molecule has 2 saturated carbocycles. The van der Waals surface area contributed by atoms with E-state index in [4.69, 9.17) is 10.5 Å². The van der Waals surface area contributed by atoms with E-state index in [0.29, 0.717) is 12.6 Å². The molecule has 0 amide bonds. The monoisotopic (exact) mass is 367 g/mol. The second-order valence-electron chi connectivity index (χ2n) is 5.41. The maximum atomic E-state index is 5.76. The summed E-state index contributed by atoms with van der Waals surface area (Å²) in [6.07, 6.45) is 7.08. The van der Waals surface area contributed by atoms with Gasteiger partial charge in [0.15, 0.2) is 5.96 Å². The Morgan fingerprint density at radius 2 is 2.22 bits per heavy atom. The number of guanidine groups is 1. The van der Waals surface area contributed by atoms with Gasteiger partial charge in [0.05, 0.1) is 6.61 Å². The number of fused-ring (bicyclic) bond motifs is 2. The average molecular weight is 367 g/mol. The summed E-state index contributed by atoms with van der Waals surface area (Å²) in [5.41, 5.74) is 5.76. The van der Waals surface area contributed by atoms with Crippen LogP contribution in [0.1, 0.15) is 32.1 Å². The molecule has 0 radical (unpaired) electrons. The van der Waals surface area contributed by atoms with Gasteiger partial charge < -0.3 is 15.8 Å².